The van der Waals surface area contributed by atoms with Crippen LogP contribution in [0.3, 0.4) is 0 Å². The number of methoxy groups -OCH3 is 1. The number of morpholine rings is 1. The van der Waals surface area contributed by atoms with Crippen LogP contribution in [-0.4, -0.2) is 138 Å². The summed E-state index contributed by atoms with van der Waals surface area (Å²) in [6.45, 7) is 1.09. The Morgan fingerprint density at radius 3 is 2.35 bits per heavy atom. The summed E-state index contributed by atoms with van der Waals surface area (Å²) < 4.78 is 59.2. The summed E-state index contributed by atoms with van der Waals surface area (Å²) in [6, 6.07) is 10.8. The van der Waals surface area contributed by atoms with E-state index in [9.17, 15) is 37.8 Å². The number of amides is 3. The number of nitrogens with zero attached hydrogens (tertiary/aromatic N) is 3. The van der Waals surface area contributed by atoms with Gasteiger partial charge in [0.1, 0.15) is 29.8 Å². The van der Waals surface area contributed by atoms with E-state index in [1.165, 1.54) is 36.3 Å². The molecule has 7 atom stereocenters. The third-order valence-electron chi connectivity index (χ3n) is 9.34. The second-order valence-electron chi connectivity index (χ2n) is 12.8. The van der Waals surface area contributed by atoms with Gasteiger partial charge < -0.3 is 44.3 Å². The first-order valence-corrected chi connectivity index (χ1v) is 16.1. The number of carbonyl (C=O) groups excluding carboxylic acids is 3. The zero-order valence-electron chi connectivity index (χ0n) is 26.8. The molecule has 2 aromatic carbocycles. The molecule has 0 saturated carbocycles. The van der Waals surface area contributed by atoms with E-state index in [0.29, 0.717) is 23.4 Å². The van der Waals surface area contributed by atoms with Crippen molar-refractivity contribution < 1.29 is 56.7 Å². The number of ether oxygens (including phenoxy) is 4. The number of fused-ring (bicyclic) bond motifs is 6. The molecular weight excluding hydrogens is 653 g/mol. The van der Waals surface area contributed by atoms with Crippen molar-refractivity contribution in [3.63, 3.8) is 0 Å². The molecule has 13 nitrogen and oxygen atoms in total. The Kier molecular flexibility index (Phi) is 10.3. The van der Waals surface area contributed by atoms with Gasteiger partial charge in [-0.3, -0.25) is 19.3 Å². The van der Waals surface area contributed by atoms with Gasteiger partial charge in [-0.2, -0.15) is 0 Å². The lowest BCUT2D eigenvalue weighted by molar-refractivity contribution is -0.274. The monoisotopic (exact) mass is 692 g/mol. The van der Waals surface area contributed by atoms with Crippen molar-refractivity contribution in [1.82, 2.24) is 20.0 Å². The number of hydrogen-bond acceptors (Lipinski definition) is 10. The van der Waals surface area contributed by atoms with E-state index in [4.69, 9.17) is 14.2 Å². The lowest BCUT2D eigenvalue weighted by atomic mass is 10.0. The van der Waals surface area contributed by atoms with E-state index in [0.717, 1.165) is 0 Å². The second-order valence-corrected chi connectivity index (χ2v) is 12.8. The fourth-order valence-electron chi connectivity index (χ4n) is 6.95. The molecule has 4 fully saturated rings. The Morgan fingerprint density at radius 1 is 0.959 bits per heavy atom. The highest BCUT2D eigenvalue weighted by molar-refractivity contribution is 5.94. The number of rotatable bonds is 5. The zero-order chi connectivity index (χ0) is 34.9. The topological polar surface area (TPSA) is 150 Å². The lowest BCUT2D eigenvalue weighted by Crippen LogP contribution is -2.55. The molecule has 0 aliphatic carbocycles. The van der Waals surface area contributed by atoms with Crippen molar-refractivity contribution in [2.75, 3.05) is 46.4 Å². The summed E-state index contributed by atoms with van der Waals surface area (Å²) in [5.41, 5.74) is 0.980. The fourth-order valence-corrected chi connectivity index (χ4v) is 6.95. The van der Waals surface area contributed by atoms with Gasteiger partial charge >= 0.3 is 6.36 Å². The first-order valence-electron chi connectivity index (χ1n) is 16.1. The van der Waals surface area contributed by atoms with Crippen LogP contribution in [0.25, 0.3) is 0 Å². The maximum atomic E-state index is 14.1. The van der Waals surface area contributed by atoms with Gasteiger partial charge in [-0.1, -0.05) is 12.1 Å². The van der Waals surface area contributed by atoms with Crippen LogP contribution in [0, 0.1) is 0 Å². The summed E-state index contributed by atoms with van der Waals surface area (Å²) in [6.07, 6.45) is -10.2. The van der Waals surface area contributed by atoms with Crippen LogP contribution in [0.4, 0.5) is 13.2 Å². The maximum Gasteiger partial charge on any atom is 0.573 e. The number of benzene rings is 2. The first kappa shape index (κ1) is 34.9. The average molecular weight is 693 g/mol. The molecule has 266 valence electrons. The Balaban J connectivity index is 1.25. The third kappa shape index (κ3) is 8.27. The average Bonchev–Trinajstić information content (AvgIpc) is 3.58. The van der Waals surface area contributed by atoms with Crippen LogP contribution in [0.2, 0.25) is 0 Å². The molecule has 4 saturated heterocycles. The number of alkyl halides is 3. The highest BCUT2D eigenvalue weighted by Gasteiger charge is 2.46. The highest BCUT2D eigenvalue weighted by Crippen LogP contribution is 2.29. The quantitative estimate of drug-likeness (QED) is 0.413. The SMILES string of the molecule is COc1ccc(C(=O)N2C[C@@H]3CN(CCO3)C(=O)[C@@H]3C[C@@H](CN3Cc3ccc(OC(F)(F)F)cc3)NC(=O)C[C@@H]3O[C@H](C2)[C@@H](O)[C@H]3O)cc1. The molecule has 4 heterocycles. The number of aliphatic hydroxyl groups is 2. The van der Waals surface area contributed by atoms with Gasteiger partial charge in [-0.05, 0) is 48.4 Å². The molecule has 4 aliphatic rings. The third-order valence-corrected chi connectivity index (χ3v) is 9.34. The molecule has 0 aromatic heterocycles. The largest absolute Gasteiger partial charge is 0.573 e. The van der Waals surface area contributed by atoms with Gasteiger partial charge in [0.25, 0.3) is 5.91 Å². The van der Waals surface area contributed by atoms with E-state index in [-0.39, 0.29) is 63.8 Å². The van der Waals surface area contributed by atoms with E-state index in [1.807, 2.05) is 4.90 Å². The minimum Gasteiger partial charge on any atom is -0.497 e. The molecule has 0 unspecified atom stereocenters. The van der Waals surface area contributed by atoms with E-state index in [1.54, 1.807) is 29.2 Å². The molecule has 2 aromatic rings. The normalized spacial score (nSPS) is 29.9. The van der Waals surface area contributed by atoms with Crippen LogP contribution in [0.15, 0.2) is 48.5 Å². The summed E-state index contributed by atoms with van der Waals surface area (Å²) in [4.78, 5) is 46.1. The number of halogens is 3. The predicted octanol–water partition coefficient (Wildman–Crippen LogP) is 0.916. The van der Waals surface area contributed by atoms with E-state index in [2.05, 4.69) is 10.1 Å². The van der Waals surface area contributed by atoms with Crippen LogP contribution in [0.1, 0.15) is 28.8 Å². The smallest absolute Gasteiger partial charge is 0.497 e. The molecule has 16 heteroatoms. The molecule has 49 heavy (non-hydrogen) atoms. The van der Waals surface area contributed by atoms with E-state index >= 15 is 0 Å². The number of nitrogens with one attached hydrogen (secondary N) is 1. The van der Waals surface area contributed by atoms with Gasteiger partial charge in [-0.15, -0.1) is 13.2 Å². The van der Waals surface area contributed by atoms with Gasteiger partial charge in [0, 0.05) is 50.9 Å². The van der Waals surface area contributed by atoms with Crippen LogP contribution < -0.4 is 14.8 Å². The summed E-state index contributed by atoms with van der Waals surface area (Å²) in [5, 5.41) is 24.7. The van der Waals surface area contributed by atoms with Crippen molar-refractivity contribution in [3.05, 3.63) is 59.7 Å². The van der Waals surface area contributed by atoms with Crippen molar-refractivity contribution in [3.8, 4) is 11.5 Å². The standard InChI is InChI=1S/C33H39F3N4O9/c1-46-22-8-4-20(5-9-22)31(44)40-17-24-16-38(10-11-47-24)32(45)25-12-21(37-28(41)13-26-29(42)30(43)27(18-40)48-26)15-39(25)14-19-2-6-23(7-3-19)49-33(34,35)36/h2-9,21,24-27,29-30,42-43H,10-18H2,1H3,(H,37,41)/t21-,24-,25-,26-,27+,29-,30+/m0/s1. The van der Waals surface area contributed by atoms with Crippen molar-refractivity contribution in [2.24, 2.45) is 0 Å². The van der Waals surface area contributed by atoms with Gasteiger partial charge in [0.05, 0.1) is 38.4 Å². The Bertz CT molecular complexity index is 1500. The van der Waals surface area contributed by atoms with Gasteiger partial charge in [-0.25, -0.2) is 0 Å². The summed E-state index contributed by atoms with van der Waals surface area (Å²) in [5.74, 6) is -0.845. The Hall–Kier alpha value is -3.96. The first-order chi connectivity index (χ1) is 23.4. The molecule has 6 bridgehead atoms. The molecule has 3 amide bonds. The van der Waals surface area contributed by atoms with Crippen LogP contribution in [0.5, 0.6) is 11.5 Å². The molecular formula is C33H39F3N4O9. The number of likely N-dealkylation sites (tertiary alicyclic amines) is 1. The van der Waals surface area contributed by atoms with Crippen LogP contribution >= 0.6 is 0 Å². The summed E-state index contributed by atoms with van der Waals surface area (Å²) >= 11 is 0. The molecule has 4 aliphatic heterocycles. The molecule has 6 rings (SSSR count). The molecule has 0 radical (unpaired) electrons. The zero-order valence-corrected chi connectivity index (χ0v) is 26.8. The number of carbonyl (C=O) groups is 3. The van der Waals surface area contributed by atoms with Crippen LogP contribution in [-0.2, 0) is 25.6 Å². The number of hydrogen-bond donors (Lipinski definition) is 3. The minimum absolute atomic E-state index is 0.0474. The Morgan fingerprint density at radius 2 is 1.65 bits per heavy atom. The van der Waals surface area contributed by atoms with E-state index < -0.39 is 60.8 Å². The molecule has 3 N–H and O–H groups in total. The summed E-state index contributed by atoms with van der Waals surface area (Å²) in [7, 11) is 1.51. The van der Waals surface area contributed by atoms with Gasteiger partial charge in [0.2, 0.25) is 11.8 Å². The minimum atomic E-state index is -4.83. The lowest BCUT2D eigenvalue weighted by Gasteiger charge is -2.38. The fraction of sp³-hybridized carbons (Fsp3) is 0.545. The highest BCUT2D eigenvalue weighted by atomic mass is 19.4. The van der Waals surface area contributed by atoms with Gasteiger partial charge in [0.15, 0.2) is 0 Å². The van der Waals surface area contributed by atoms with Crippen molar-refractivity contribution in [1.29, 1.82) is 0 Å². The van der Waals surface area contributed by atoms with Crippen molar-refractivity contribution >= 4 is 17.7 Å². The maximum absolute atomic E-state index is 14.1. The second kappa shape index (κ2) is 14.5. The van der Waals surface area contributed by atoms with Crippen molar-refractivity contribution in [2.45, 2.75) is 68.4 Å². The Labute approximate surface area is 280 Å². The number of aliphatic hydroxyl groups excluding tert-OH is 2. The molecule has 0 spiro atoms. The predicted molar refractivity (Wildman–Crippen MR) is 164 cm³/mol.